The van der Waals surface area contributed by atoms with Gasteiger partial charge in [0.05, 0.1) is 0 Å². The van der Waals surface area contributed by atoms with Crippen LogP contribution >= 0.6 is 0 Å². The summed E-state index contributed by atoms with van der Waals surface area (Å²) in [6.07, 6.45) is 10.3. The van der Waals surface area contributed by atoms with E-state index in [2.05, 4.69) is 24.5 Å². The largest absolute Gasteiger partial charge is 0.324 e. The van der Waals surface area contributed by atoms with Crippen LogP contribution in [0.4, 0.5) is 0 Å². The van der Waals surface area contributed by atoms with Crippen molar-refractivity contribution < 1.29 is 0 Å². The molecule has 3 heteroatoms. The van der Waals surface area contributed by atoms with Crippen molar-refractivity contribution in [3.63, 3.8) is 0 Å². The Kier molecular flexibility index (Phi) is 7.87. The first kappa shape index (κ1) is 15.9. The molecule has 1 aliphatic rings. The number of nitrogens with one attached hydrogen (secondary N) is 2. The average molecular weight is 255 g/mol. The van der Waals surface area contributed by atoms with E-state index >= 15 is 0 Å². The summed E-state index contributed by atoms with van der Waals surface area (Å²) in [4.78, 5) is 0. The minimum atomic E-state index is -0.00318. The summed E-state index contributed by atoms with van der Waals surface area (Å²) >= 11 is 0. The average Bonchev–Trinajstić information content (AvgIpc) is 2.43. The van der Waals surface area contributed by atoms with Gasteiger partial charge in [-0.25, -0.2) is 0 Å². The predicted molar refractivity (Wildman–Crippen MR) is 79.9 cm³/mol. The van der Waals surface area contributed by atoms with Crippen LogP contribution in [0.5, 0.6) is 0 Å². The van der Waals surface area contributed by atoms with Gasteiger partial charge in [0, 0.05) is 18.1 Å². The van der Waals surface area contributed by atoms with E-state index in [0.29, 0.717) is 0 Å². The summed E-state index contributed by atoms with van der Waals surface area (Å²) < 4.78 is 0. The highest BCUT2D eigenvalue weighted by atomic mass is 14.9. The maximum Gasteiger partial charge on any atom is 0.0275 e. The minimum Gasteiger partial charge on any atom is -0.324 e. The van der Waals surface area contributed by atoms with Crippen molar-refractivity contribution in [3.05, 3.63) is 0 Å². The van der Waals surface area contributed by atoms with Crippen LogP contribution in [0.3, 0.4) is 0 Å². The van der Waals surface area contributed by atoms with Crippen LogP contribution in [0.15, 0.2) is 0 Å². The third kappa shape index (κ3) is 6.17. The molecule has 4 N–H and O–H groups in total. The number of nitrogens with two attached hydrogens (primary N) is 1. The van der Waals surface area contributed by atoms with Crippen LogP contribution in [-0.2, 0) is 0 Å². The number of rotatable bonds is 9. The van der Waals surface area contributed by atoms with Gasteiger partial charge in [-0.2, -0.15) is 0 Å². The molecule has 1 aliphatic carbocycles. The molecular weight excluding hydrogens is 222 g/mol. The molecule has 0 aromatic carbocycles. The van der Waals surface area contributed by atoms with Crippen LogP contribution in [-0.4, -0.2) is 31.2 Å². The Hall–Kier alpha value is -0.120. The van der Waals surface area contributed by atoms with E-state index in [9.17, 15) is 0 Å². The van der Waals surface area contributed by atoms with Crippen LogP contribution < -0.4 is 16.4 Å². The molecule has 0 radical (unpaired) electrons. The number of hydrogen-bond acceptors (Lipinski definition) is 3. The Balaban J connectivity index is 1.95. The Morgan fingerprint density at radius 2 is 1.72 bits per heavy atom. The fourth-order valence-electron chi connectivity index (χ4n) is 2.66. The molecule has 0 spiro atoms. The molecule has 0 aromatic heterocycles. The van der Waals surface area contributed by atoms with Gasteiger partial charge in [0.15, 0.2) is 0 Å². The fourth-order valence-corrected chi connectivity index (χ4v) is 2.66. The molecule has 0 aromatic rings. The van der Waals surface area contributed by atoms with Crippen LogP contribution in [0, 0.1) is 0 Å². The number of hydrogen-bond donors (Lipinski definition) is 3. The standard InChI is InChI=1S/C15H33N3/c1-3-15(16,4-2)13-17-11-8-12-18-14-9-6-5-7-10-14/h14,17-18H,3-13,16H2,1-2H3. The Morgan fingerprint density at radius 1 is 1.06 bits per heavy atom. The monoisotopic (exact) mass is 255 g/mol. The van der Waals surface area contributed by atoms with E-state index in [1.54, 1.807) is 0 Å². The van der Waals surface area contributed by atoms with Gasteiger partial charge in [-0.15, -0.1) is 0 Å². The lowest BCUT2D eigenvalue weighted by Crippen LogP contribution is -2.48. The quantitative estimate of drug-likeness (QED) is 0.555. The summed E-state index contributed by atoms with van der Waals surface area (Å²) in [5, 5.41) is 7.18. The van der Waals surface area contributed by atoms with Crippen LogP contribution in [0.1, 0.15) is 65.2 Å². The molecule has 0 amide bonds. The summed E-state index contributed by atoms with van der Waals surface area (Å²) in [5.74, 6) is 0. The molecule has 18 heavy (non-hydrogen) atoms. The fraction of sp³-hybridized carbons (Fsp3) is 1.00. The van der Waals surface area contributed by atoms with E-state index in [0.717, 1.165) is 38.5 Å². The third-order valence-electron chi connectivity index (χ3n) is 4.45. The first-order valence-corrected chi connectivity index (χ1v) is 7.93. The van der Waals surface area contributed by atoms with Gasteiger partial charge in [-0.3, -0.25) is 0 Å². The molecule has 108 valence electrons. The minimum absolute atomic E-state index is 0.00318. The van der Waals surface area contributed by atoms with Gasteiger partial charge in [0.1, 0.15) is 0 Å². The molecule has 3 nitrogen and oxygen atoms in total. The second-order valence-electron chi connectivity index (χ2n) is 5.89. The summed E-state index contributed by atoms with van der Waals surface area (Å²) in [7, 11) is 0. The first-order chi connectivity index (χ1) is 8.70. The molecule has 0 unspecified atom stereocenters. The molecule has 1 fully saturated rings. The lowest BCUT2D eigenvalue weighted by atomic mass is 9.94. The van der Waals surface area contributed by atoms with E-state index in [1.165, 1.54) is 38.5 Å². The highest BCUT2D eigenvalue weighted by Gasteiger charge is 2.18. The topological polar surface area (TPSA) is 50.1 Å². The smallest absolute Gasteiger partial charge is 0.0275 e. The van der Waals surface area contributed by atoms with Crippen molar-refractivity contribution >= 4 is 0 Å². The second-order valence-corrected chi connectivity index (χ2v) is 5.89. The van der Waals surface area contributed by atoms with Crippen molar-refractivity contribution in [2.24, 2.45) is 5.73 Å². The maximum atomic E-state index is 6.25. The molecule has 1 rings (SSSR count). The zero-order valence-corrected chi connectivity index (χ0v) is 12.4. The van der Waals surface area contributed by atoms with Crippen LogP contribution in [0.25, 0.3) is 0 Å². The second kappa shape index (κ2) is 8.89. The van der Waals surface area contributed by atoms with Crippen molar-refractivity contribution in [2.45, 2.75) is 76.8 Å². The normalized spacial score (nSPS) is 18.2. The van der Waals surface area contributed by atoms with E-state index < -0.39 is 0 Å². The molecule has 0 atom stereocenters. The van der Waals surface area contributed by atoms with Crippen molar-refractivity contribution in [1.82, 2.24) is 10.6 Å². The molecular formula is C15H33N3. The summed E-state index contributed by atoms with van der Waals surface area (Å²) in [5.41, 5.74) is 6.25. The van der Waals surface area contributed by atoms with Gasteiger partial charge < -0.3 is 16.4 Å². The van der Waals surface area contributed by atoms with Crippen molar-refractivity contribution in [1.29, 1.82) is 0 Å². The Morgan fingerprint density at radius 3 is 2.33 bits per heavy atom. The van der Waals surface area contributed by atoms with Crippen LogP contribution in [0.2, 0.25) is 0 Å². The highest BCUT2D eigenvalue weighted by Crippen LogP contribution is 2.17. The molecule has 0 bridgehead atoms. The molecule has 0 saturated heterocycles. The highest BCUT2D eigenvalue weighted by molar-refractivity contribution is 4.83. The SMILES string of the molecule is CCC(N)(CC)CNCCCNC1CCCCC1. The maximum absolute atomic E-state index is 6.25. The molecule has 1 saturated carbocycles. The lowest BCUT2D eigenvalue weighted by Gasteiger charge is -2.27. The van der Waals surface area contributed by atoms with E-state index in [4.69, 9.17) is 5.73 Å². The van der Waals surface area contributed by atoms with Gasteiger partial charge in [-0.1, -0.05) is 33.1 Å². The summed E-state index contributed by atoms with van der Waals surface area (Å²) in [6, 6.07) is 0.790. The molecule has 0 aliphatic heterocycles. The van der Waals surface area contributed by atoms with Gasteiger partial charge >= 0.3 is 0 Å². The first-order valence-electron chi connectivity index (χ1n) is 7.93. The Bertz CT molecular complexity index is 196. The van der Waals surface area contributed by atoms with Crippen molar-refractivity contribution in [2.75, 3.05) is 19.6 Å². The molecule has 0 heterocycles. The third-order valence-corrected chi connectivity index (χ3v) is 4.45. The zero-order valence-electron chi connectivity index (χ0n) is 12.4. The van der Waals surface area contributed by atoms with Gasteiger partial charge in [0.2, 0.25) is 0 Å². The van der Waals surface area contributed by atoms with Gasteiger partial charge in [-0.05, 0) is 45.2 Å². The van der Waals surface area contributed by atoms with Crippen molar-refractivity contribution in [3.8, 4) is 0 Å². The predicted octanol–water partition coefficient (Wildman–Crippen LogP) is 2.41. The lowest BCUT2D eigenvalue weighted by molar-refractivity contribution is 0.356. The Labute approximate surface area is 113 Å². The summed E-state index contributed by atoms with van der Waals surface area (Å²) in [6.45, 7) is 7.53. The zero-order chi connectivity index (χ0) is 13.3. The van der Waals surface area contributed by atoms with E-state index in [1.807, 2.05) is 0 Å². The van der Waals surface area contributed by atoms with E-state index in [-0.39, 0.29) is 5.54 Å². The van der Waals surface area contributed by atoms with Gasteiger partial charge in [0.25, 0.3) is 0 Å².